The average molecular weight is 322 g/mol. The highest BCUT2D eigenvalue weighted by atomic mass is 32.2. The fourth-order valence-electron chi connectivity index (χ4n) is 3.38. The highest BCUT2D eigenvalue weighted by Crippen LogP contribution is 2.28. The molecule has 0 spiro atoms. The molecule has 0 aliphatic heterocycles. The lowest BCUT2D eigenvalue weighted by atomic mass is 9.94. The van der Waals surface area contributed by atoms with Crippen LogP contribution in [0.5, 0.6) is 0 Å². The number of pyridine rings is 1. The van der Waals surface area contributed by atoms with Gasteiger partial charge in [0.2, 0.25) is 0 Å². The topological polar surface area (TPSA) is 76.9 Å². The number of hydrogen-bond acceptors (Lipinski definition) is 5. The molecule has 0 bridgehead atoms. The summed E-state index contributed by atoms with van der Waals surface area (Å²) in [5.74, 6) is 0. The van der Waals surface area contributed by atoms with Gasteiger partial charge in [-0.2, -0.15) is 5.10 Å². The molecule has 2 atom stereocenters. The molecule has 2 heterocycles. The van der Waals surface area contributed by atoms with Crippen molar-refractivity contribution in [2.45, 2.75) is 43.9 Å². The van der Waals surface area contributed by atoms with Crippen molar-refractivity contribution in [3.8, 4) is 0 Å². The molecule has 1 aliphatic rings. The quantitative estimate of drug-likeness (QED) is 0.936. The number of anilines is 1. The predicted molar refractivity (Wildman–Crippen MR) is 87.8 cm³/mol. The van der Waals surface area contributed by atoms with Crippen molar-refractivity contribution >= 4 is 26.6 Å². The second-order valence-electron chi connectivity index (χ2n) is 6.21. The Hall–Kier alpha value is -1.63. The highest BCUT2D eigenvalue weighted by molar-refractivity contribution is 7.91. The first-order valence-electron chi connectivity index (χ1n) is 7.61. The van der Waals surface area contributed by atoms with Crippen molar-refractivity contribution in [2.24, 2.45) is 7.05 Å². The van der Waals surface area contributed by atoms with Gasteiger partial charge in [0.1, 0.15) is 0 Å². The van der Waals surface area contributed by atoms with Crippen LogP contribution in [0.25, 0.3) is 11.0 Å². The average Bonchev–Trinajstić information content (AvgIpc) is 2.73. The zero-order chi connectivity index (χ0) is 15.9. The Kier molecular flexibility index (Phi) is 3.84. The Morgan fingerprint density at radius 1 is 1.32 bits per heavy atom. The molecule has 7 heteroatoms. The third-order valence-electron chi connectivity index (χ3n) is 4.47. The maximum absolute atomic E-state index is 12.0. The maximum Gasteiger partial charge on any atom is 0.157 e. The van der Waals surface area contributed by atoms with Crippen LogP contribution in [0.1, 0.15) is 31.4 Å². The van der Waals surface area contributed by atoms with Crippen LogP contribution in [0.4, 0.5) is 5.69 Å². The summed E-state index contributed by atoms with van der Waals surface area (Å²) in [7, 11) is -1.17. The van der Waals surface area contributed by atoms with E-state index in [9.17, 15) is 8.42 Å². The van der Waals surface area contributed by atoms with E-state index in [4.69, 9.17) is 0 Å². The zero-order valence-electron chi connectivity index (χ0n) is 13.2. The Morgan fingerprint density at radius 2 is 2.05 bits per heavy atom. The third-order valence-corrected chi connectivity index (χ3v) is 6.13. The fraction of sp³-hybridized carbons (Fsp3) is 0.600. The number of nitrogens with one attached hydrogen (secondary N) is 1. The maximum atomic E-state index is 12.0. The summed E-state index contributed by atoms with van der Waals surface area (Å²) in [6.45, 7) is 1.95. The van der Waals surface area contributed by atoms with Gasteiger partial charge >= 0.3 is 0 Å². The van der Waals surface area contributed by atoms with Crippen molar-refractivity contribution in [3.63, 3.8) is 0 Å². The summed E-state index contributed by atoms with van der Waals surface area (Å²) >= 11 is 0. The molecule has 2 aromatic heterocycles. The molecule has 1 N–H and O–H groups in total. The van der Waals surface area contributed by atoms with Crippen LogP contribution in [0.3, 0.4) is 0 Å². The van der Waals surface area contributed by atoms with Crippen molar-refractivity contribution in [3.05, 3.63) is 18.0 Å². The van der Waals surface area contributed by atoms with Gasteiger partial charge in [-0.3, -0.25) is 4.68 Å². The number of rotatable bonds is 3. The second kappa shape index (κ2) is 5.53. The van der Waals surface area contributed by atoms with E-state index in [2.05, 4.69) is 15.4 Å². The largest absolute Gasteiger partial charge is 0.380 e. The molecular weight excluding hydrogens is 300 g/mol. The normalized spacial score (nSPS) is 22.9. The van der Waals surface area contributed by atoms with Crippen LogP contribution in [0.15, 0.2) is 12.3 Å². The summed E-state index contributed by atoms with van der Waals surface area (Å²) in [4.78, 5) is 4.44. The number of aryl methyl sites for hydroxylation is 2. The lowest BCUT2D eigenvalue weighted by molar-refractivity contribution is 0.452. The van der Waals surface area contributed by atoms with Crippen LogP contribution in [-0.4, -0.2) is 40.7 Å². The molecule has 22 heavy (non-hydrogen) atoms. The number of nitrogens with zero attached hydrogens (tertiary/aromatic N) is 3. The molecule has 1 aliphatic carbocycles. The summed E-state index contributed by atoms with van der Waals surface area (Å²) < 4.78 is 25.7. The number of sulfone groups is 1. The summed E-state index contributed by atoms with van der Waals surface area (Å²) in [5, 5.41) is 8.44. The molecule has 2 aromatic rings. The lowest BCUT2D eigenvalue weighted by Gasteiger charge is -2.31. The molecule has 6 nitrogen and oxygen atoms in total. The van der Waals surface area contributed by atoms with Crippen LogP contribution in [0, 0.1) is 6.92 Å². The van der Waals surface area contributed by atoms with E-state index >= 15 is 0 Å². The van der Waals surface area contributed by atoms with Crippen LogP contribution in [-0.2, 0) is 16.9 Å². The molecule has 0 amide bonds. The Balaban J connectivity index is 1.90. The predicted octanol–water partition coefficient (Wildman–Crippen LogP) is 2.04. The molecule has 120 valence electrons. The standard InChI is InChI=1S/C15H22N4O2S/c1-10-12-8-11(9-16-15(12)19(2)18-10)17-13-6-4-5-7-14(13)22(3,20)21/h8-9,13-14,17H,4-7H2,1-3H3/t13-,14+/m0/s1. The number of aromatic nitrogens is 3. The monoisotopic (exact) mass is 322 g/mol. The molecule has 1 saturated carbocycles. The van der Waals surface area contributed by atoms with E-state index in [1.54, 1.807) is 10.9 Å². The highest BCUT2D eigenvalue weighted by Gasteiger charge is 2.32. The van der Waals surface area contributed by atoms with Gasteiger partial charge in [-0.05, 0) is 25.8 Å². The summed E-state index contributed by atoms with van der Waals surface area (Å²) in [6.07, 6.45) is 6.75. The molecular formula is C15H22N4O2S. The molecule has 0 aromatic carbocycles. The Bertz CT molecular complexity index is 797. The fourth-order valence-corrected chi connectivity index (χ4v) is 4.77. The van der Waals surface area contributed by atoms with Gasteiger partial charge in [0.25, 0.3) is 0 Å². The van der Waals surface area contributed by atoms with Gasteiger partial charge in [-0.1, -0.05) is 12.8 Å². The van der Waals surface area contributed by atoms with Crippen molar-refractivity contribution < 1.29 is 8.42 Å². The van der Waals surface area contributed by atoms with Crippen LogP contribution >= 0.6 is 0 Å². The second-order valence-corrected chi connectivity index (χ2v) is 8.47. The molecule has 0 unspecified atom stereocenters. The summed E-state index contributed by atoms with van der Waals surface area (Å²) in [6, 6.07) is 1.97. The van der Waals surface area contributed by atoms with Gasteiger partial charge in [-0.25, -0.2) is 13.4 Å². The first-order chi connectivity index (χ1) is 10.4. The van der Waals surface area contributed by atoms with Gasteiger partial charge in [-0.15, -0.1) is 0 Å². The molecule has 0 radical (unpaired) electrons. The lowest BCUT2D eigenvalue weighted by Crippen LogP contribution is -2.41. The minimum absolute atomic E-state index is 0.0417. The van der Waals surface area contributed by atoms with Gasteiger partial charge < -0.3 is 5.32 Å². The van der Waals surface area contributed by atoms with E-state index in [0.29, 0.717) is 0 Å². The number of hydrogen-bond donors (Lipinski definition) is 1. The van der Waals surface area contributed by atoms with Crippen molar-refractivity contribution in [1.29, 1.82) is 0 Å². The number of fused-ring (bicyclic) bond motifs is 1. The van der Waals surface area contributed by atoms with E-state index in [1.807, 2.05) is 20.0 Å². The smallest absolute Gasteiger partial charge is 0.157 e. The molecule has 3 rings (SSSR count). The van der Waals surface area contributed by atoms with Crippen LogP contribution in [0.2, 0.25) is 0 Å². The molecule has 0 saturated heterocycles. The SMILES string of the molecule is Cc1nn(C)c2ncc(N[C@H]3CCCC[C@H]3S(C)(=O)=O)cc12. The van der Waals surface area contributed by atoms with Gasteiger partial charge in [0.15, 0.2) is 15.5 Å². The minimum Gasteiger partial charge on any atom is -0.380 e. The van der Waals surface area contributed by atoms with Gasteiger partial charge in [0.05, 0.1) is 22.8 Å². The Labute approximate surface area is 130 Å². The van der Waals surface area contributed by atoms with E-state index < -0.39 is 9.84 Å². The van der Waals surface area contributed by atoms with E-state index in [0.717, 1.165) is 48.1 Å². The first kappa shape index (κ1) is 15.3. The third kappa shape index (κ3) is 2.82. The van der Waals surface area contributed by atoms with E-state index in [-0.39, 0.29) is 11.3 Å². The van der Waals surface area contributed by atoms with Crippen molar-refractivity contribution in [2.75, 3.05) is 11.6 Å². The zero-order valence-corrected chi connectivity index (χ0v) is 14.0. The summed E-state index contributed by atoms with van der Waals surface area (Å²) in [5.41, 5.74) is 2.63. The Morgan fingerprint density at radius 3 is 2.77 bits per heavy atom. The van der Waals surface area contributed by atoms with Crippen LogP contribution < -0.4 is 5.32 Å². The minimum atomic E-state index is -3.04. The molecule has 1 fully saturated rings. The van der Waals surface area contributed by atoms with E-state index in [1.165, 1.54) is 6.26 Å². The van der Waals surface area contributed by atoms with Gasteiger partial charge in [0, 0.05) is 24.7 Å². The van der Waals surface area contributed by atoms with Crippen molar-refractivity contribution in [1.82, 2.24) is 14.8 Å². The first-order valence-corrected chi connectivity index (χ1v) is 9.56.